The maximum absolute atomic E-state index is 12.8. The first kappa shape index (κ1) is 24.1. The Kier molecular flexibility index (Phi) is 8.25. The molecule has 0 saturated carbocycles. The average Bonchev–Trinajstić information content (AvgIpc) is 2.84. The maximum Gasteiger partial charge on any atom is 0.265 e. The summed E-state index contributed by atoms with van der Waals surface area (Å²) >= 11 is 0. The van der Waals surface area contributed by atoms with Crippen molar-refractivity contribution in [1.29, 1.82) is 0 Å². The molecule has 2 amide bonds. The molecule has 33 heavy (non-hydrogen) atoms. The largest absolute Gasteiger partial charge is 0.481 e. The molecule has 5 heteroatoms. The number of rotatable bonds is 9. The van der Waals surface area contributed by atoms with Crippen molar-refractivity contribution in [2.24, 2.45) is 0 Å². The molecule has 0 fully saturated rings. The Morgan fingerprint density at radius 2 is 1.33 bits per heavy atom. The molecule has 0 heterocycles. The summed E-state index contributed by atoms with van der Waals surface area (Å²) in [6.07, 6.45) is 1.83. The number of ether oxygens (including phenoxy) is 1. The first-order valence-corrected chi connectivity index (χ1v) is 11.5. The molecule has 0 aliphatic carbocycles. The second kappa shape index (κ2) is 11.3. The minimum Gasteiger partial charge on any atom is -0.481 e. The van der Waals surface area contributed by atoms with E-state index in [4.69, 9.17) is 4.74 Å². The Morgan fingerprint density at radius 1 is 0.758 bits per heavy atom. The minimum atomic E-state index is -0.685. The molecule has 0 aliphatic heterocycles. The van der Waals surface area contributed by atoms with Gasteiger partial charge in [-0.25, -0.2) is 0 Å². The summed E-state index contributed by atoms with van der Waals surface area (Å²) in [4.78, 5) is 25.4. The first-order valence-electron chi connectivity index (χ1n) is 11.5. The van der Waals surface area contributed by atoms with E-state index in [1.54, 1.807) is 31.2 Å². The molecule has 0 spiro atoms. The molecular formula is C28H32N2O3. The quantitative estimate of drug-likeness (QED) is 0.423. The molecule has 172 valence electrons. The van der Waals surface area contributed by atoms with Crippen molar-refractivity contribution in [3.05, 3.63) is 89.0 Å². The monoisotopic (exact) mass is 444 g/mol. The number of anilines is 2. The number of aryl methyl sites for hydroxylation is 3. The van der Waals surface area contributed by atoms with Crippen LogP contribution >= 0.6 is 0 Å². The SMILES string of the molecule is CCc1ccccc1NC(=O)c1ccc(OC(C)C(=O)Nc2c(CC)cccc2CC)cc1. The highest BCUT2D eigenvalue weighted by molar-refractivity contribution is 6.04. The zero-order valence-electron chi connectivity index (χ0n) is 19.8. The Morgan fingerprint density at radius 3 is 1.94 bits per heavy atom. The third kappa shape index (κ3) is 6.01. The summed E-state index contributed by atoms with van der Waals surface area (Å²) in [5.74, 6) is 0.141. The number of carbonyl (C=O) groups excluding carboxylic acids is 2. The summed E-state index contributed by atoms with van der Waals surface area (Å²) < 4.78 is 5.84. The van der Waals surface area contributed by atoms with Gasteiger partial charge in [-0.3, -0.25) is 9.59 Å². The van der Waals surface area contributed by atoms with E-state index in [1.807, 2.05) is 42.5 Å². The molecule has 0 aliphatic rings. The second-order valence-corrected chi connectivity index (χ2v) is 7.90. The number of hydrogen-bond donors (Lipinski definition) is 2. The van der Waals surface area contributed by atoms with Gasteiger partial charge < -0.3 is 15.4 Å². The van der Waals surface area contributed by atoms with Gasteiger partial charge in [-0.2, -0.15) is 0 Å². The highest BCUT2D eigenvalue weighted by Crippen LogP contribution is 2.24. The smallest absolute Gasteiger partial charge is 0.265 e. The van der Waals surface area contributed by atoms with Crippen LogP contribution in [0.1, 0.15) is 54.7 Å². The highest BCUT2D eigenvalue weighted by atomic mass is 16.5. The normalized spacial score (nSPS) is 11.5. The zero-order valence-corrected chi connectivity index (χ0v) is 19.8. The van der Waals surface area contributed by atoms with Gasteiger partial charge in [0.2, 0.25) is 0 Å². The number of nitrogens with one attached hydrogen (secondary N) is 2. The van der Waals surface area contributed by atoms with Crippen molar-refractivity contribution >= 4 is 23.2 Å². The van der Waals surface area contributed by atoms with Gasteiger partial charge in [-0.1, -0.05) is 57.2 Å². The van der Waals surface area contributed by atoms with E-state index in [9.17, 15) is 9.59 Å². The summed E-state index contributed by atoms with van der Waals surface area (Å²) in [5, 5.41) is 6.00. The Hall–Kier alpha value is -3.60. The zero-order chi connectivity index (χ0) is 23.8. The predicted octanol–water partition coefficient (Wildman–Crippen LogP) is 6.03. The third-order valence-corrected chi connectivity index (χ3v) is 5.69. The second-order valence-electron chi connectivity index (χ2n) is 7.90. The van der Waals surface area contributed by atoms with Gasteiger partial charge in [0.25, 0.3) is 11.8 Å². The van der Waals surface area contributed by atoms with Crippen molar-refractivity contribution in [1.82, 2.24) is 0 Å². The van der Waals surface area contributed by atoms with Crippen molar-refractivity contribution in [3.8, 4) is 5.75 Å². The molecule has 0 bridgehead atoms. The van der Waals surface area contributed by atoms with Crippen LogP contribution in [0.4, 0.5) is 11.4 Å². The Balaban J connectivity index is 1.64. The van der Waals surface area contributed by atoms with Crippen LogP contribution in [-0.2, 0) is 24.1 Å². The molecule has 0 saturated heterocycles. The van der Waals surface area contributed by atoms with Crippen LogP contribution in [0.15, 0.2) is 66.7 Å². The molecule has 0 aromatic heterocycles. The molecule has 1 unspecified atom stereocenters. The molecule has 3 aromatic carbocycles. The fraction of sp³-hybridized carbons (Fsp3) is 0.286. The van der Waals surface area contributed by atoms with E-state index in [2.05, 4.69) is 31.4 Å². The van der Waals surface area contributed by atoms with Crippen molar-refractivity contribution in [2.45, 2.75) is 53.1 Å². The fourth-order valence-corrected chi connectivity index (χ4v) is 3.72. The van der Waals surface area contributed by atoms with Crippen LogP contribution in [0, 0.1) is 0 Å². The number of amides is 2. The van der Waals surface area contributed by atoms with Gasteiger partial charge in [0.1, 0.15) is 5.75 Å². The van der Waals surface area contributed by atoms with Crippen molar-refractivity contribution in [3.63, 3.8) is 0 Å². The number of hydrogen-bond acceptors (Lipinski definition) is 3. The molecule has 3 aromatic rings. The fourth-order valence-electron chi connectivity index (χ4n) is 3.72. The molecule has 1 atom stereocenters. The van der Waals surface area contributed by atoms with E-state index < -0.39 is 6.10 Å². The Bertz CT molecular complexity index is 1080. The number of para-hydroxylation sites is 2. The van der Waals surface area contributed by atoms with E-state index in [0.29, 0.717) is 11.3 Å². The topological polar surface area (TPSA) is 67.4 Å². The lowest BCUT2D eigenvalue weighted by Gasteiger charge is -2.18. The summed E-state index contributed by atoms with van der Waals surface area (Å²) in [6.45, 7) is 7.92. The summed E-state index contributed by atoms with van der Waals surface area (Å²) in [7, 11) is 0. The third-order valence-electron chi connectivity index (χ3n) is 5.69. The standard InChI is InChI=1S/C28H32N2O3/c1-5-20-11-8-9-14-25(20)29-28(32)23-15-17-24(18-16-23)33-19(4)27(31)30-26-21(6-2)12-10-13-22(26)7-3/h8-19H,5-7H2,1-4H3,(H,29,32)(H,30,31). The van der Waals surface area contributed by atoms with Crippen molar-refractivity contribution < 1.29 is 14.3 Å². The van der Waals surface area contributed by atoms with E-state index in [-0.39, 0.29) is 11.8 Å². The van der Waals surface area contributed by atoms with Crippen LogP contribution in [-0.4, -0.2) is 17.9 Å². The average molecular weight is 445 g/mol. The lowest BCUT2D eigenvalue weighted by atomic mass is 10.0. The molecule has 0 radical (unpaired) electrons. The van der Waals surface area contributed by atoms with Gasteiger partial charge in [0.05, 0.1) is 0 Å². The molecule has 3 rings (SSSR count). The molecule has 5 nitrogen and oxygen atoms in total. The highest BCUT2D eigenvalue weighted by Gasteiger charge is 2.18. The van der Waals surface area contributed by atoms with Crippen LogP contribution in [0.5, 0.6) is 5.75 Å². The molecular weight excluding hydrogens is 412 g/mol. The lowest BCUT2D eigenvalue weighted by molar-refractivity contribution is -0.122. The summed E-state index contributed by atoms with van der Waals surface area (Å²) in [5.41, 5.74) is 5.51. The van der Waals surface area contributed by atoms with Crippen LogP contribution in [0.25, 0.3) is 0 Å². The van der Waals surface area contributed by atoms with Gasteiger partial charge in [-0.15, -0.1) is 0 Å². The van der Waals surface area contributed by atoms with E-state index in [0.717, 1.165) is 47.3 Å². The van der Waals surface area contributed by atoms with Crippen molar-refractivity contribution in [2.75, 3.05) is 10.6 Å². The Labute approximate surface area is 196 Å². The van der Waals surface area contributed by atoms with Crippen LogP contribution < -0.4 is 15.4 Å². The van der Waals surface area contributed by atoms with Gasteiger partial charge in [0, 0.05) is 16.9 Å². The van der Waals surface area contributed by atoms with Gasteiger partial charge in [-0.05, 0) is 73.2 Å². The maximum atomic E-state index is 12.8. The van der Waals surface area contributed by atoms with Crippen LogP contribution in [0.3, 0.4) is 0 Å². The molecule has 2 N–H and O–H groups in total. The van der Waals surface area contributed by atoms with Gasteiger partial charge in [0.15, 0.2) is 6.10 Å². The number of carbonyl (C=O) groups is 2. The lowest BCUT2D eigenvalue weighted by Crippen LogP contribution is -2.31. The first-order chi connectivity index (χ1) is 16.0. The number of benzene rings is 3. The summed E-state index contributed by atoms with van der Waals surface area (Å²) in [6, 6.07) is 20.7. The van der Waals surface area contributed by atoms with Crippen LogP contribution in [0.2, 0.25) is 0 Å². The van der Waals surface area contributed by atoms with Gasteiger partial charge >= 0.3 is 0 Å². The van der Waals surface area contributed by atoms with E-state index >= 15 is 0 Å². The predicted molar refractivity (Wildman–Crippen MR) is 134 cm³/mol. The minimum absolute atomic E-state index is 0.184. The van der Waals surface area contributed by atoms with E-state index in [1.165, 1.54) is 0 Å².